The van der Waals surface area contributed by atoms with Gasteiger partial charge in [-0.05, 0) is 24.3 Å². The Morgan fingerprint density at radius 2 is 2.03 bits per heavy atom. The quantitative estimate of drug-likeness (QED) is 0.415. The van der Waals surface area contributed by atoms with Crippen LogP contribution in [0.5, 0.6) is 0 Å². The van der Waals surface area contributed by atoms with Gasteiger partial charge in [0.05, 0.1) is 22.9 Å². The lowest BCUT2D eigenvalue weighted by Gasteiger charge is -2.34. The van der Waals surface area contributed by atoms with Crippen LogP contribution in [0.3, 0.4) is 0 Å². The van der Waals surface area contributed by atoms with Crippen LogP contribution in [-0.4, -0.2) is 40.6 Å². The lowest BCUT2D eigenvalue weighted by molar-refractivity contribution is 0.461. The van der Waals surface area contributed by atoms with Crippen molar-refractivity contribution in [1.82, 2.24) is 20.3 Å². The van der Waals surface area contributed by atoms with E-state index in [1.165, 1.54) is 6.07 Å². The average Bonchev–Trinajstić information content (AvgIpc) is 3.72. The van der Waals surface area contributed by atoms with Crippen LogP contribution < -0.4 is 10.2 Å². The van der Waals surface area contributed by atoms with E-state index in [0.29, 0.717) is 59.4 Å². The first-order chi connectivity index (χ1) is 17.0. The van der Waals surface area contributed by atoms with E-state index >= 15 is 4.39 Å². The molecule has 4 aromatic rings. The van der Waals surface area contributed by atoms with E-state index in [1.807, 2.05) is 0 Å². The van der Waals surface area contributed by atoms with E-state index in [-0.39, 0.29) is 28.2 Å². The largest absolute Gasteiger partial charge is 0.353 e. The maximum absolute atomic E-state index is 16.2. The number of halogens is 3. The van der Waals surface area contributed by atoms with E-state index in [0.717, 1.165) is 12.8 Å². The summed E-state index contributed by atoms with van der Waals surface area (Å²) in [5.74, 6) is 0.332. The molecule has 6 rings (SSSR count). The Bertz CT molecular complexity index is 1510. The Balaban J connectivity index is 1.54. The van der Waals surface area contributed by atoms with E-state index in [4.69, 9.17) is 21.8 Å². The number of hydrogen-bond donors (Lipinski definition) is 1. The Kier molecular flexibility index (Phi) is 5.47. The fraction of sp³-hybridized carbons (Fsp3) is 0.308. The molecule has 6 nitrogen and oxygen atoms in total. The first kappa shape index (κ1) is 22.1. The van der Waals surface area contributed by atoms with Crippen LogP contribution in [0.2, 0.25) is 5.02 Å². The highest BCUT2D eigenvalue weighted by Crippen LogP contribution is 2.42. The molecule has 35 heavy (non-hydrogen) atoms. The third kappa shape index (κ3) is 3.85. The molecule has 1 unspecified atom stereocenters. The Morgan fingerprint density at radius 3 is 2.83 bits per heavy atom. The van der Waals surface area contributed by atoms with Gasteiger partial charge in [-0.1, -0.05) is 35.9 Å². The average molecular weight is 491 g/mol. The number of nitrogens with one attached hydrogen (secondary N) is 1. The van der Waals surface area contributed by atoms with Gasteiger partial charge in [-0.2, -0.15) is 5.26 Å². The summed E-state index contributed by atoms with van der Waals surface area (Å²) in [6.45, 7) is 1.97. The molecule has 2 aromatic carbocycles. The molecule has 0 radical (unpaired) electrons. The lowest BCUT2D eigenvalue weighted by Crippen LogP contribution is -2.51. The van der Waals surface area contributed by atoms with Crippen LogP contribution >= 0.6 is 11.6 Å². The molecule has 0 spiro atoms. The van der Waals surface area contributed by atoms with Crippen LogP contribution in [-0.2, 0) is 0 Å². The molecule has 176 valence electrons. The van der Waals surface area contributed by atoms with Crippen molar-refractivity contribution in [2.24, 2.45) is 0 Å². The normalized spacial score (nSPS) is 18.2. The zero-order valence-corrected chi connectivity index (χ0v) is 19.5. The molecule has 2 aromatic heterocycles. The summed E-state index contributed by atoms with van der Waals surface area (Å²) in [7, 11) is 0. The Hall–Kier alpha value is -3.41. The molecular weight excluding hydrogens is 470 g/mol. The molecule has 1 atom stereocenters. The fourth-order valence-corrected chi connectivity index (χ4v) is 5.06. The van der Waals surface area contributed by atoms with Crippen molar-refractivity contribution in [2.75, 3.05) is 24.5 Å². The molecule has 1 aliphatic carbocycles. The number of benzene rings is 2. The molecular formula is C26H21ClF2N6. The molecule has 2 aliphatic rings. The Morgan fingerprint density at radius 1 is 1.17 bits per heavy atom. The van der Waals surface area contributed by atoms with Crippen molar-refractivity contribution in [3.05, 3.63) is 59.0 Å². The summed E-state index contributed by atoms with van der Waals surface area (Å²) in [4.78, 5) is 16.0. The number of nitrogens with zero attached hydrogens (tertiary/aromatic N) is 5. The van der Waals surface area contributed by atoms with Gasteiger partial charge >= 0.3 is 0 Å². The second-order valence-corrected chi connectivity index (χ2v) is 9.47. The van der Waals surface area contributed by atoms with Gasteiger partial charge in [-0.25, -0.2) is 18.7 Å². The smallest absolute Gasteiger partial charge is 0.175 e. The zero-order chi connectivity index (χ0) is 24.1. The molecule has 9 heteroatoms. The molecule has 3 heterocycles. The standard InChI is InChI=1S/C26H21ClF2N6/c27-21-19(28)7-6-14-2-1-3-17(20(14)21)23-22(29)24-18(12-32-23)26(34-25(33-24)15-4-5-15)35-11-10-31-16(13-35)8-9-30/h1-3,6-7,12,15-16,31H,4-5,8,10-11,13H2. The lowest BCUT2D eigenvalue weighted by atomic mass is 10.0. The highest BCUT2D eigenvalue weighted by Gasteiger charge is 2.31. The van der Waals surface area contributed by atoms with Gasteiger partial charge in [0.1, 0.15) is 28.7 Å². The van der Waals surface area contributed by atoms with Crippen LogP contribution in [0.4, 0.5) is 14.6 Å². The Labute approximate surface area is 205 Å². The van der Waals surface area contributed by atoms with E-state index in [9.17, 15) is 4.39 Å². The van der Waals surface area contributed by atoms with Gasteiger partial charge in [-0.3, -0.25) is 4.98 Å². The van der Waals surface area contributed by atoms with Gasteiger partial charge in [0.2, 0.25) is 0 Å². The zero-order valence-electron chi connectivity index (χ0n) is 18.7. The molecule has 1 N–H and O–H groups in total. The van der Waals surface area contributed by atoms with Crippen molar-refractivity contribution >= 4 is 39.1 Å². The first-order valence-corrected chi connectivity index (χ1v) is 12.0. The van der Waals surface area contributed by atoms with Crippen molar-refractivity contribution in [2.45, 2.75) is 31.2 Å². The van der Waals surface area contributed by atoms with Crippen molar-refractivity contribution in [3.8, 4) is 17.3 Å². The summed E-state index contributed by atoms with van der Waals surface area (Å²) in [5.41, 5.74) is 0.683. The predicted octanol–water partition coefficient (Wildman–Crippen LogP) is 5.35. The van der Waals surface area contributed by atoms with E-state index < -0.39 is 11.6 Å². The molecule has 0 bridgehead atoms. The number of anilines is 1. The fourth-order valence-electron chi connectivity index (χ4n) is 4.78. The van der Waals surface area contributed by atoms with Crippen LogP contribution in [0.15, 0.2) is 36.5 Å². The molecule has 0 amide bonds. The highest BCUT2D eigenvalue weighted by molar-refractivity contribution is 6.36. The summed E-state index contributed by atoms with van der Waals surface area (Å²) in [6, 6.07) is 10.4. The topological polar surface area (TPSA) is 77.7 Å². The molecule has 1 saturated heterocycles. The van der Waals surface area contributed by atoms with Crippen LogP contribution in [0.1, 0.15) is 31.0 Å². The van der Waals surface area contributed by atoms with Gasteiger partial charge in [0, 0.05) is 48.7 Å². The molecule has 1 saturated carbocycles. The maximum atomic E-state index is 16.2. The second kappa shape index (κ2) is 8.67. The number of aromatic nitrogens is 3. The number of piperazine rings is 1. The minimum Gasteiger partial charge on any atom is -0.353 e. The van der Waals surface area contributed by atoms with Gasteiger partial charge in [-0.15, -0.1) is 0 Å². The highest BCUT2D eigenvalue weighted by atomic mass is 35.5. The minimum absolute atomic E-state index is 0.00735. The SMILES string of the molecule is N#CCC1CN(c2nc(C3CC3)nc3c(F)c(-c4cccc5ccc(F)c(Cl)c45)ncc23)CCN1. The predicted molar refractivity (Wildman–Crippen MR) is 131 cm³/mol. The van der Waals surface area contributed by atoms with E-state index in [2.05, 4.69) is 26.3 Å². The van der Waals surface area contributed by atoms with Gasteiger partial charge in [0.15, 0.2) is 5.82 Å². The van der Waals surface area contributed by atoms with Gasteiger partial charge < -0.3 is 10.2 Å². The number of hydrogen-bond acceptors (Lipinski definition) is 6. The molecule has 1 aliphatic heterocycles. The summed E-state index contributed by atoms with van der Waals surface area (Å²) < 4.78 is 30.5. The summed E-state index contributed by atoms with van der Waals surface area (Å²) in [5, 5.41) is 14.0. The summed E-state index contributed by atoms with van der Waals surface area (Å²) in [6.07, 6.45) is 3.92. The number of nitriles is 1. The third-order valence-corrected chi connectivity index (χ3v) is 7.08. The maximum Gasteiger partial charge on any atom is 0.175 e. The van der Waals surface area contributed by atoms with Crippen molar-refractivity contribution in [1.29, 1.82) is 5.26 Å². The second-order valence-electron chi connectivity index (χ2n) is 9.09. The van der Waals surface area contributed by atoms with Crippen molar-refractivity contribution < 1.29 is 8.78 Å². The number of fused-ring (bicyclic) bond motifs is 2. The van der Waals surface area contributed by atoms with Crippen LogP contribution in [0, 0.1) is 23.0 Å². The molecule has 2 fully saturated rings. The van der Waals surface area contributed by atoms with E-state index in [1.54, 1.807) is 30.5 Å². The van der Waals surface area contributed by atoms with Crippen LogP contribution in [0.25, 0.3) is 32.9 Å². The number of rotatable bonds is 4. The monoisotopic (exact) mass is 490 g/mol. The first-order valence-electron chi connectivity index (χ1n) is 11.6. The number of pyridine rings is 1. The summed E-state index contributed by atoms with van der Waals surface area (Å²) >= 11 is 6.31. The minimum atomic E-state index is -0.579. The van der Waals surface area contributed by atoms with Gasteiger partial charge in [0.25, 0.3) is 0 Å². The van der Waals surface area contributed by atoms with Crippen molar-refractivity contribution in [3.63, 3.8) is 0 Å². The third-order valence-electron chi connectivity index (χ3n) is 6.71.